The molecule has 0 spiro atoms. The summed E-state index contributed by atoms with van der Waals surface area (Å²) in [6.07, 6.45) is -1.24. The van der Waals surface area contributed by atoms with E-state index < -0.39 is 12.2 Å². The van der Waals surface area contributed by atoms with Gasteiger partial charge in [-0.15, -0.1) is 0 Å². The number of fused-ring (bicyclic) bond motifs is 1. The summed E-state index contributed by atoms with van der Waals surface area (Å²) >= 11 is 6.00. The minimum atomic E-state index is -4.37. The highest BCUT2D eigenvalue weighted by Crippen LogP contribution is 2.32. The lowest BCUT2D eigenvalue weighted by Crippen LogP contribution is -2.32. The van der Waals surface area contributed by atoms with E-state index >= 15 is 0 Å². The van der Waals surface area contributed by atoms with Crippen LogP contribution in [0.4, 0.5) is 18.9 Å². The largest absolute Gasteiger partial charge is 0.409 e. The van der Waals surface area contributed by atoms with Gasteiger partial charge in [0.15, 0.2) is 0 Å². The van der Waals surface area contributed by atoms with Crippen LogP contribution < -0.4 is 10.6 Å². The van der Waals surface area contributed by atoms with Crippen LogP contribution in [0.2, 0.25) is 5.02 Å². The Morgan fingerprint density at radius 1 is 1.17 bits per heavy atom. The van der Waals surface area contributed by atoms with E-state index in [-0.39, 0.29) is 11.7 Å². The van der Waals surface area contributed by atoms with Crippen molar-refractivity contribution >= 4 is 17.3 Å². The molecule has 1 aliphatic rings. The number of rotatable bonds is 4. The molecular formula is C17H17ClF3N3. The van der Waals surface area contributed by atoms with Crippen LogP contribution in [0.3, 0.4) is 0 Å². The number of halogens is 4. The summed E-state index contributed by atoms with van der Waals surface area (Å²) in [6.45, 7) is 0. The standard InChI is InChI=1S/C17H17ClF3N3/c1-22-16(17(19,20)21)15-5-4-13(9-23-15)24-14-7-10-2-3-12(18)6-11(10)8-14/h2-6,9,14,16,22,24H,7-8H2,1H3/t14?,16-/m0/s1. The minimum absolute atomic E-state index is 0.0444. The van der Waals surface area contributed by atoms with Gasteiger partial charge in [-0.3, -0.25) is 4.98 Å². The third-order valence-electron chi connectivity index (χ3n) is 4.17. The molecule has 0 radical (unpaired) electrons. The fourth-order valence-corrected chi connectivity index (χ4v) is 3.26. The SMILES string of the molecule is CN[C@@H](c1ccc(NC2Cc3ccc(Cl)cc3C2)cn1)C(F)(F)F. The molecule has 1 heterocycles. The van der Waals surface area contributed by atoms with E-state index in [0.717, 1.165) is 12.8 Å². The first kappa shape index (κ1) is 17.0. The number of pyridine rings is 1. The Labute approximate surface area is 143 Å². The van der Waals surface area contributed by atoms with Crippen molar-refractivity contribution in [2.75, 3.05) is 12.4 Å². The molecule has 0 amide bonds. The molecule has 1 aromatic carbocycles. The molecule has 3 nitrogen and oxygen atoms in total. The monoisotopic (exact) mass is 355 g/mol. The van der Waals surface area contributed by atoms with Gasteiger partial charge in [-0.2, -0.15) is 13.2 Å². The van der Waals surface area contributed by atoms with Crippen LogP contribution in [0.5, 0.6) is 0 Å². The highest BCUT2D eigenvalue weighted by molar-refractivity contribution is 6.30. The molecule has 2 N–H and O–H groups in total. The first-order valence-electron chi connectivity index (χ1n) is 7.60. The molecule has 0 aliphatic heterocycles. The average molecular weight is 356 g/mol. The van der Waals surface area contributed by atoms with Crippen LogP contribution >= 0.6 is 11.6 Å². The van der Waals surface area contributed by atoms with Crippen molar-refractivity contribution in [1.82, 2.24) is 10.3 Å². The number of hydrogen-bond donors (Lipinski definition) is 2. The quantitative estimate of drug-likeness (QED) is 0.865. The molecule has 2 atom stereocenters. The van der Waals surface area contributed by atoms with Crippen LogP contribution in [0.1, 0.15) is 22.9 Å². The van der Waals surface area contributed by atoms with Crippen molar-refractivity contribution in [1.29, 1.82) is 0 Å². The number of benzene rings is 1. The summed E-state index contributed by atoms with van der Waals surface area (Å²) in [5.41, 5.74) is 3.11. The topological polar surface area (TPSA) is 37.0 Å². The molecule has 0 fully saturated rings. The van der Waals surface area contributed by atoms with Crippen LogP contribution in [0.15, 0.2) is 36.5 Å². The predicted octanol–water partition coefficient (Wildman–Crippen LogP) is 4.14. The van der Waals surface area contributed by atoms with Crippen LogP contribution in [0.25, 0.3) is 0 Å². The van der Waals surface area contributed by atoms with Crippen LogP contribution in [-0.4, -0.2) is 24.2 Å². The van der Waals surface area contributed by atoms with Gasteiger partial charge in [-0.05, 0) is 55.3 Å². The van der Waals surface area contributed by atoms with Gasteiger partial charge < -0.3 is 10.6 Å². The normalized spacial score (nSPS) is 18.3. The number of nitrogens with zero attached hydrogens (tertiary/aromatic N) is 1. The number of hydrogen-bond acceptors (Lipinski definition) is 3. The Bertz CT molecular complexity index is 716. The number of aromatic nitrogens is 1. The zero-order valence-electron chi connectivity index (χ0n) is 13.0. The molecule has 128 valence electrons. The third kappa shape index (κ3) is 3.65. The van der Waals surface area contributed by atoms with Crippen molar-refractivity contribution in [3.63, 3.8) is 0 Å². The third-order valence-corrected chi connectivity index (χ3v) is 4.40. The highest BCUT2D eigenvalue weighted by atomic mass is 35.5. The molecule has 0 saturated carbocycles. The predicted molar refractivity (Wildman–Crippen MR) is 88.4 cm³/mol. The second-order valence-electron chi connectivity index (χ2n) is 5.90. The maximum absolute atomic E-state index is 12.9. The lowest BCUT2D eigenvalue weighted by Gasteiger charge is -2.19. The van der Waals surface area contributed by atoms with Crippen molar-refractivity contribution < 1.29 is 13.2 Å². The minimum Gasteiger partial charge on any atom is -0.380 e. The summed E-state index contributed by atoms with van der Waals surface area (Å²) in [5, 5.41) is 6.28. The number of nitrogens with one attached hydrogen (secondary N) is 2. The summed E-state index contributed by atoms with van der Waals surface area (Å²) in [4.78, 5) is 3.96. The van der Waals surface area contributed by atoms with Crippen molar-refractivity contribution in [2.24, 2.45) is 0 Å². The Balaban J connectivity index is 1.67. The van der Waals surface area contributed by atoms with Crippen LogP contribution in [-0.2, 0) is 12.8 Å². The Kier molecular flexibility index (Phi) is 4.69. The van der Waals surface area contributed by atoms with Gasteiger partial charge in [0, 0.05) is 11.1 Å². The summed E-state index contributed by atoms with van der Waals surface area (Å²) in [6, 6.07) is 7.30. The van der Waals surface area contributed by atoms with Gasteiger partial charge in [0.1, 0.15) is 6.04 Å². The Morgan fingerprint density at radius 2 is 1.92 bits per heavy atom. The van der Waals surface area contributed by atoms with Crippen LogP contribution in [0, 0.1) is 0 Å². The highest BCUT2D eigenvalue weighted by Gasteiger charge is 2.40. The van der Waals surface area contributed by atoms with E-state index in [0.29, 0.717) is 10.7 Å². The average Bonchev–Trinajstić information content (AvgIpc) is 2.89. The van der Waals surface area contributed by atoms with Gasteiger partial charge in [0.25, 0.3) is 0 Å². The van der Waals surface area contributed by atoms with E-state index in [9.17, 15) is 13.2 Å². The molecule has 7 heteroatoms. The second kappa shape index (κ2) is 6.61. The number of anilines is 1. The molecule has 1 unspecified atom stereocenters. The van der Waals surface area contributed by atoms with E-state index in [2.05, 4.69) is 15.6 Å². The van der Waals surface area contributed by atoms with Gasteiger partial charge in [0.05, 0.1) is 17.6 Å². The van der Waals surface area contributed by atoms with Gasteiger partial charge in [0.2, 0.25) is 0 Å². The zero-order valence-corrected chi connectivity index (χ0v) is 13.7. The molecule has 1 aromatic heterocycles. The van der Waals surface area contributed by atoms with Gasteiger partial charge in [-0.25, -0.2) is 0 Å². The first-order valence-corrected chi connectivity index (χ1v) is 7.98. The van der Waals surface area contributed by atoms with E-state index in [1.165, 1.54) is 30.4 Å². The zero-order chi connectivity index (χ0) is 17.3. The van der Waals surface area contributed by atoms with E-state index in [1.54, 1.807) is 6.07 Å². The maximum Gasteiger partial charge on any atom is 0.409 e. The Morgan fingerprint density at radius 3 is 2.54 bits per heavy atom. The first-order chi connectivity index (χ1) is 11.4. The fraction of sp³-hybridized carbons (Fsp3) is 0.353. The van der Waals surface area contributed by atoms with E-state index in [1.807, 2.05) is 18.2 Å². The lowest BCUT2D eigenvalue weighted by atomic mass is 10.1. The molecule has 1 aliphatic carbocycles. The van der Waals surface area contributed by atoms with Crippen molar-refractivity contribution in [2.45, 2.75) is 31.1 Å². The fourth-order valence-electron chi connectivity index (χ4n) is 3.07. The van der Waals surface area contributed by atoms with Gasteiger partial charge in [-0.1, -0.05) is 17.7 Å². The summed E-state index contributed by atoms with van der Waals surface area (Å²) in [5.74, 6) is 0. The number of alkyl halides is 3. The van der Waals surface area contributed by atoms with E-state index in [4.69, 9.17) is 11.6 Å². The van der Waals surface area contributed by atoms with Crippen molar-refractivity contribution in [3.8, 4) is 0 Å². The molecule has 0 bridgehead atoms. The smallest absolute Gasteiger partial charge is 0.380 e. The molecular weight excluding hydrogens is 339 g/mol. The second-order valence-corrected chi connectivity index (χ2v) is 6.33. The van der Waals surface area contributed by atoms with Gasteiger partial charge >= 0.3 is 6.18 Å². The summed E-state index contributed by atoms with van der Waals surface area (Å²) in [7, 11) is 1.27. The maximum atomic E-state index is 12.9. The molecule has 2 aromatic rings. The molecule has 24 heavy (non-hydrogen) atoms. The Hall–Kier alpha value is -1.79. The van der Waals surface area contributed by atoms with Crippen molar-refractivity contribution in [3.05, 3.63) is 58.4 Å². The molecule has 0 saturated heterocycles. The lowest BCUT2D eigenvalue weighted by molar-refractivity contribution is -0.157. The summed E-state index contributed by atoms with van der Waals surface area (Å²) < 4.78 is 38.7. The molecule has 3 rings (SSSR count).